The topological polar surface area (TPSA) is 116 Å². The molecule has 0 unspecified atom stereocenters. The molecule has 0 bridgehead atoms. The van der Waals surface area contributed by atoms with Crippen LogP contribution in [-0.2, 0) is 11.2 Å². The van der Waals surface area contributed by atoms with Crippen molar-refractivity contribution in [2.75, 3.05) is 13.1 Å². The van der Waals surface area contributed by atoms with E-state index < -0.39 is 16.6 Å². The third-order valence-electron chi connectivity index (χ3n) is 4.17. The molecule has 2 N–H and O–H groups in total. The number of amides is 2. The number of rotatable bonds is 5. The molecule has 1 saturated heterocycles. The van der Waals surface area contributed by atoms with Crippen LogP contribution in [0.25, 0.3) is 0 Å². The lowest BCUT2D eigenvalue weighted by Gasteiger charge is -2.29. The summed E-state index contributed by atoms with van der Waals surface area (Å²) in [4.78, 5) is 36.2. The Morgan fingerprint density at radius 1 is 1.28 bits per heavy atom. The van der Waals surface area contributed by atoms with Gasteiger partial charge in [-0.3, -0.25) is 14.9 Å². The largest absolute Gasteiger partial charge is 0.443 e. The minimum Gasteiger partial charge on any atom is -0.443 e. The van der Waals surface area contributed by atoms with E-state index in [-0.39, 0.29) is 18.0 Å². The van der Waals surface area contributed by atoms with E-state index >= 15 is 0 Å². The van der Waals surface area contributed by atoms with Crippen LogP contribution in [-0.4, -0.2) is 40.5 Å². The first kappa shape index (κ1) is 18.7. The zero-order valence-corrected chi connectivity index (χ0v) is 14.5. The number of piperidine rings is 1. The predicted octanol–water partition coefficient (Wildman–Crippen LogP) is 2.64. The number of hydrogen-bond acceptors (Lipinski definition) is 5. The van der Waals surface area contributed by atoms with E-state index in [0.29, 0.717) is 24.2 Å². The molecule has 0 aromatic heterocycles. The minimum absolute atomic E-state index is 0.111. The minimum atomic E-state index is -0.988. The number of benzene rings is 1. The van der Waals surface area contributed by atoms with Crippen LogP contribution in [0.1, 0.15) is 49.0 Å². The van der Waals surface area contributed by atoms with Gasteiger partial charge in [-0.25, -0.2) is 4.79 Å². The summed E-state index contributed by atoms with van der Waals surface area (Å²) >= 11 is 0. The van der Waals surface area contributed by atoms with Crippen LogP contribution in [0.3, 0.4) is 0 Å². The molecule has 8 heteroatoms. The fourth-order valence-corrected chi connectivity index (χ4v) is 3.08. The fraction of sp³-hybridized carbons (Fsp3) is 0.529. The van der Waals surface area contributed by atoms with Crippen molar-refractivity contribution in [1.29, 1.82) is 0 Å². The molecule has 0 spiro atoms. The Morgan fingerprint density at radius 3 is 2.48 bits per heavy atom. The highest BCUT2D eigenvalue weighted by atomic mass is 16.6. The number of nitrogens with zero attached hydrogens (tertiary/aromatic N) is 2. The molecule has 1 aromatic carbocycles. The van der Waals surface area contributed by atoms with Crippen molar-refractivity contribution in [2.24, 2.45) is 5.73 Å². The normalized spacial score (nSPS) is 14.9. The number of nitro groups is 1. The molecule has 0 saturated carbocycles. The summed E-state index contributed by atoms with van der Waals surface area (Å²) in [5.74, 6) is -0.153. The number of carbonyl (C=O) groups is 2. The zero-order chi connectivity index (χ0) is 18.6. The Morgan fingerprint density at radius 2 is 1.92 bits per heavy atom. The van der Waals surface area contributed by atoms with Crippen LogP contribution < -0.4 is 5.73 Å². The number of nitro benzene ring substituents is 1. The lowest BCUT2D eigenvalue weighted by atomic mass is 9.93. The van der Waals surface area contributed by atoms with E-state index in [1.54, 1.807) is 18.7 Å². The van der Waals surface area contributed by atoms with E-state index in [1.807, 2.05) is 0 Å². The molecule has 1 aromatic rings. The molecule has 1 aliphatic rings. The van der Waals surface area contributed by atoms with E-state index in [1.165, 1.54) is 18.2 Å². The molecular formula is C17H23N3O5. The first-order chi connectivity index (χ1) is 11.7. The molecule has 8 nitrogen and oxygen atoms in total. The highest BCUT2D eigenvalue weighted by Crippen LogP contribution is 2.26. The first-order valence-electron chi connectivity index (χ1n) is 8.25. The van der Waals surface area contributed by atoms with Gasteiger partial charge in [0, 0.05) is 37.2 Å². The van der Waals surface area contributed by atoms with Gasteiger partial charge in [0.1, 0.15) is 5.60 Å². The molecule has 0 atom stereocenters. The molecule has 25 heavy (non-hydrogen) atoms. The summed E-state index contributed by atoms with van der Waals surface area (Å²) in [6, 6.07) is 4.16. The van der Waals surface area contributed by atoms with Gasteiger partial charge < -0.3 is 15.4 Å². The van der Waals surface area contributed by atoms with Crippen molar-refractivity contribution in [1.82, 2.24) is 4.90 Å². The summed E-state index contributed by atoms with van der Waals surface area (Å²) < 4.78 is 5.07. The second-order valence-electron chi connectivity index (χ2n) is 6.81. The second-order valence-corrected chi connectivity index (χ2v) is 6.81. The quantitative estimate of drug-likeness (QED) is 0.648. The van der Waals surface area contributed by atoms with Gasteiger partial charge in [-0.2, -0.15) is 0 Å². The van der Waals surface area contributed by atoms with Gasteiger partial charge in [-0.05, 0) is 44.7 Å². The summed E-state index contributed by atoms with van der Waals surface area (Å²) in [6.45, 7) is 4.64. The average molecular weight is 349 g/mol. The Labute approximate surface area is 146 Å². The highest BCUT2D eigenvalue weighted by molar-refractivity contribution is 5.96. The molecule has 1 fully saturated rings. The van der Waals surface area contributed by atoms with Gasteiger partial charge >= 0.3 is 6.09 Å². The SMILES string of the molecule is CC(C)(Cc1cc([N+](=O)[O-])ccc1C(=O)N1CCCCC1)OC(N)=O. The molecule has 0 radical (unpaired) electrons. The smallest absolute Gasteiger partial charge is 0.405 e. The molecule has 0 aliphatic carbocycles. The van der Waals surface area contributed by atoms with Gasteiger partial charge in [0.15, 0.2) is 0 Å². The van der Waals surface area contributed by atoms with E-state index in [2.05, 4.69) is 0 Å². The predicted molar refractivity (Wildman–Crippen MR) is 91.3 cm³/mol. The maximum Gasteiger partial charge on any atom is 0.405 e. The molecule has 2 rings (SSSR count). The lowest BCUT2D eigenvalue weighted by molar-refractivity contribution is -0.384. The van der Waals surface area contributed by atoms with Crippen LogP contribution in [0, 0.1) is 10.1 Å². The van der Waals surface area contributed by atoms with Gasteiger partial charge in [-0.15, -0.1) is 0 Å². The average Bonchev–Trinajstić information content (AvgIpc) is 2.53. The third-order valence-corrected chi connectivity index (χ3v) is 4.17. The molecular weight excluding hydrogens is 326 g/mol. The number of hydrogen-bond donors (Lipinski definition) is 1. The second kappa shape index (κ2) is 7.50. The Bertz CT molecular complexity index is 681. The molecule has 2 amide bonds. The van der Waals surface area contributed by atoms with Crippen molar-refractivity contribution in [3.8, 4) is 0 Å². The molecule has 1 heterocycles. The van der Waals surface area contributed by atoms with Crippen LogP contribution in [0.2, 0.25) is 0 Å². The number of primary amides is 1. The number of nitrogens with two attached hydrogens (primary N) is 1. The van der Waals surface area contributed by atoms with Crippen LogP contribution in [0.5, 0.6) is 0 Å². The van der Waals surface area contributed by atoms with Crippen molar-refractivity contribution in [3.63, 3.8) is 0 Å². The van der Waals surface area contributed by atoms with Crippen molar-refractivity contribution in [3.05, 3.63) is 39.4 Å². The Balaban J connectivity index is 2.36. The number of ether oxygens (including phenoxy) is 1. The summed E-state index contributed by atoms with van der Waals surface area (Å²) in [5, 5.41) is 11.1. The maximum atomic E-state index is 12.8. The Hall–Kier alpha value is -2.64. The monoisotopic (exact) mass is 349 g/mol. The third kappa shape index (κ3) is 4.91. The van der Waals surface area contributed by atoms with Crippen LogP contribution in [0.15, 0.2) is 18.2 Å². The number of likely N-dealkylation sites (tertiary alicyclic amines) is 1. The highest BCUT2D eigenvalue weighted by Gasteiger charge is 2.28. The lowest BCUT2D eigenvalue weighted by Crippen LogP contribution is -2.37. The molecule has 136 valence electrons. The van der Waals surface area contributed by atoms with E-state index in [0.717, 1.165) is 19.3 Å². The van der Waals surface area contributed by atoms with Gasteiger partial charge in [-0.1, -0.05) is 0 Å². The number of carbonyl (C=O) groups excluding carboxylic acids is 2. The number of non-ortho nitro benzene ring substituents is 1. The first-order valence-corrected chi connectivity index (χ1v) is 8.25. The molecule has 1 aliphatic heterocycles. The summed E-state index contributed by atoms with van der Waals surface area (Å²) in [7, 11) is 0. The van der Waals surface area contributed by atoms with Crippen LogP contribution in [0.4, 0.5) is 10.5 Å². The maximum absolute atomic E-state index is 12.8. The van der Waals surface area contributed by atoms with Crippen molar-refractivity contribution in [2.45, 2.75) is 45.1 Å². The van der Waals surface area contributed by atoms with Crippen molar-refractivity contribution < 1.29 is 19.2 Å². The fourth-order valence-electron chi connectivity index (χ4n) is 3.08. The van der Waals surface area contributed by atoms with Crippen molar-refractivity contribution >= 4 is 17.7 Å². The standard InChI is InChI=1S/C17H23N3O5/c1-17(2,25-16(18)22)11-12-10-13(20(23)24)6-7-14(12)15(21)19-8-4-3-5-9-19/h6-7,10H,3-5,8-9,11H2,1-2H3,(H2,18,22). The van der Waals surface area contributed by atoms with Gasteiger partial charge in [0.25, 0.3) is 11.6 Å². The van der Waals surface area contributed by atoms with Crippen LogP contribution >= 0.6 is 0 Å². The van der Waals surface area contributed by atoms with E-state index in [9.17, 15) is 19.7 Å². The summed E-state index contributed by atoms with van der Waals surface area (Å²) in [6.07, 6.45) is 2.21. The van der Waals surface area contributed by atoms with E-state index in [4.69, 9.17) is 10.5 Å². The summed E-state index contributed by atoms with van der Waals surface area (Å²) in [5.41, 5.74) is 4.85. The zero-order valence-electron chi connectivity index (χ0n) is 14.5. The van der Waals surface area contributed by atoms with Gasteiger partial charge in [0.2, 0.25) is 0 Å². The Kier molecular flexibility index (Phi) is 5.61. The van der Waals surface area contributed by atoms with Gasteiger partial charge in [0.05, 0.1) is 4.92 Å².